The number of carbonyl (C=O) groups excluding carboxylic acids is 1. The molecule has 0 unspecified atom stereocenters. The van der Waals surface area contributed by atoms with Crippen LogP contribution in [-0.4, -0.2) is 52.3 Å². The highest BCUT2D eigenvalue weighted by Crippen LogP contribution is 2.32. The smallest absolute Gasteiger partial charge is 0.258 e. The van der Waals surface area contributed by atoms with Crippen molar-refractivity contribution in [2.45, 2.75) is 39.3 Å². The molecule has 2 aliphatic heterocycles. The highest BCUT2D eigenvalue weighted by molar-refractivity contribution is 6.01. The van der Waals surface area contributed by atoms with Crippen molar-refractivity contribution in [1.82, 2.24) is 20.4 Å². The van der Waals surface area contributed by atoms with Crippen LogP contribution < -0.4 is 10.2 Å². The van der Waals surface area contributed by atoms with Crippen molar-refractivity contribution in [2.24, 2.45) is 0 Å². The Balaban J connectivity index is 1.38. The number of fused-ring (bicyclic) bond motifs is 2. The molecule has 1 amide bonds. The molecule has 0 saturated carbocycles. The summed E-state index contributed by atoms with van der Waals surface area (Å²) >= 11 is 0. The number of phenols is 1. The lowest BCUT2D eigenvalue weighted by molar-refractivity contribution is 0.0748. The zero-order valence-electron chi connectivity index (χ0n) is 17.9. The van der Waals surface area contributed by atoms with Gasteiger partial charge in [-0.25, -0.2) is 0 Å². The van der Waals surface area contributed by atoms with Crippen LogP contribution in [0.2, 0.25) is 0 Å². The van der Waals surface area contributed by atoms with E-state index in [0.29, 0.717) is 18.7 Å². The SMILES string of the molecule is CCCCc1n[nH]c2cc(O)c(C(=O)N3Cc4ccc(N5CCNCC5)cc4C3)cc12. The average Bonchev–Trinajstić information content (AvgIpc) is 3.40. The van der Waals surface area contributed by atoms with Crippen LogP contribution in [0, 0.1) is 0 Å². The number of aromatic nitrogens is 2. The summed E-state index contributed by atoms with van der Waals surface area (Å²) in [7, 11) is 0. The number of aromatic hydroxyl groups is 1. The van der Waals surface area contributed by atoms with E-state index >= 15 is 0 Å². The minimum absolute atomic E-state index is 0.000605. The average molecular weight is 420 g/mol. The second-order valence-corrected chi connectivity index (χ2v) is 8.54. The van der Waals surface area contributed by atoms with Gasteiger partial charge < -0.3 is 20.2 Å². The van der Waals surface area contributed by atoms with Crippen LogP contribution in [0.25, 0.3) is 10.9 Å². The fourth-order valence-electron chi connectivity index (χ4n) is 4.63. The first-order valence-corrected chi connectivity index (χ1v) is 11.2. The highest BCUT2D eigenvalue weighted by Gasteiger charge is 2.27. The number of unbranched alkanes of at least 4 members (excludes halogenated alkanes) is 1. The van der Waals surface area contributed by atoms with Crippen LogP contribution in [0.5, 0.6) is 5.75 Å². The van der Waals surface area contributed by atoms with Crippen molar-refractivity contribution in [1.29, 1.82) is 0 Å². The summed E-state index contributed by atoms with van der Waals surface area (Å²) in [6.07, 6.45) is 2.99. The monoisotopic (exact) mass is 419 g/mol. The van der Waals surface area contributed by atoms with E-state index in [-0.39, 0.29) is 11.7 Å². The second-order valence-electron chi connectivity index (χ2n) is 8.54. The van der Waals surface area contributed by atoms with Gasteiger partial charge in [-0.2, -0.15) is 5.10 Å². The summed E-state index contributed by atoms with van der Waals surface area (Å²) in [4.78, 5) is 17.5. The highest BCUT2D eigenvalue weighted by atomic mass is 16.3. The first-order valence-electron chi connectivity index (χ1n) is 11.2. The Morgan fingerprint density at radius 3 is 2.74 bits per heavy atom. The topological polar surface area (TPSA) is 84.5 Å². The van der Waals surface area contributed by atoms with Crippen LogP contribution in [0.4, 0.5) is 5.69 Å². The third kappa shape index (κ3) is 3.74. The predicted octanol–water partition coefficient (Wildman–Crippen LogP) is 3.18. The molecule has 0 spiro atoms. The number of nitrogens with one attached hydrogen (secondary N) is 2. The minimum Gasteiger partial charge on any atom is -0.507 e. The number of nitrogens with zero attached hydrogens (tertiary/aromatic N) is 3. The molecule has 1 saturated heterocycles. The largest absolute Gasteiger partial charge is 0.507 e. The number of rotatable bonds is 5. The lowest BCUT2D eigenvalue weighted by atomic mass is 10.1. The molecule has 3 heterocycles. The normalized spacial score (nSPS) is 16.2. The molecule has 1 aromatic heterocycles. The summed E-state index contributed by atoms with van der Waals surface area (Å²) in [6.45, 7) is 7.28. The van der Waals surface area contributed by atoms with Gasteiger partial charge in [0.05, 0.1) is 16.8 Å². The zero-order valence-corrected chi connectivity index (χ0v) is 17.9. The molecule has 7 nitrogen and oxygen atoms in total. The number of phenolic OH excluding ortho intramolecular Hbond substituents is 1. The standard InChI is InChI=1S/C24H29N5O2/c1-2-3-4-21-19-12-20(23(30)13-22(19)27-26-21)24(31)29-14-16-5-6-18(11-17(16)15-29)28-9-7-25-8-10-28/h5-6,11-13,25,30H,2-4,7-10,14-15H2,1H3,(H,26,27). The Labute approximate surface area is 182 Å². The number of hydrogen-bond donors (Lipinski definition) is 3. The first kappa shape index (κ1) is 19.9. The van der Waals surface area contributed by atoms with Gasteiger partial charge in [-0.1, -0.05) is 19.4 Å². The summed E-state index contributed by atoms with van der Waals surface area (Å²) in [5.41, 5.74) is 5.66. The van der Waals surface area contributed by atoms with Crippen molar-refractivity contribution in [2.75, 3.05) is 31.1 Å². The maximum atomic E-state index is 13.3. The number of piperazine rings is 1. The van der Waals surface area contributed by atoms with E-state index in [2.05, 4.69) is 45.5 Å². The molecule has 162 valence electrons. The van der Waals surface area contributed by atoms with Crippen molar-refractivity contribution in [3.05, 3.63) is 52.7 Å². The van der Waals surface area contributed by atoms with E-state index in [1.54, 1.807) is 12.1 Å². The fraction of sp³-hybridized carbons (Fsp3) is 0.417. The quantitative estimate of drug-likeness (QED) is 0.592. The molecule has 3 aromatic rings. The van der Waals surface area contributed by atoms with Gasteiger partial charge in [0.2, 0.25) is 0 Å². The summed E-state index contributed by atoms with van der Waals surface area (Å²) < 4.78 is 0. The van der Waals surface area contributed by atoms with Gasteiger partial charge in [-0.05, 0) is 42.2 Å². The second kappa shape index (κ2) is 8.23. The number of carbonyl (C=O) groups is 1. The third-order valence-electron chi connectivity index (χ3n) is 6.44. The molecule has 31 heavy (non-hydrogen) atoms. The van der Waals surface area contributed by atoms with Crippen LogP contribution in [-0.2, 0) is 19.5 Å². The van der Waals surface area contributed by atoms with Crippen molar-refractivity contribution in [3.63, 3.8) is 0 Å². The predicted molar refractivity (Wildman–Crippen MR) is 121 cm³/mol. The van der Waals surface area contributed by atoms with Gasteiger partial charge in [0.25, 0.3) is 5.91 Å². The molecule has 7 heteroatoms. The molecular weight excluding hydrogens is 390 g/mol. The van der Waals surface area contributed by atoms with Crippen LogP contribution in [0.3, 0.4) is 0 Å². The molecule has 2 aromatic carbocycles. The number of amides is 1. The molecule has 3 N–H and O–H groups in total. The fourth-order valence-corrected chi connectivity index (χ4v) is 4.63. The van der Waals surface area contributed by atoms with Gasteiger partial charge >= 0.3 is 0 Å². The molecule has 0 radical (unpaired) electrons. The molecule has 0 aliphatic carbocycles. The molecule has 1 fully saturated rings. The number of benzene rings is 2. The molecule has 0 atom stereocenters. The maximum Gasteiger partial charge on any atom is 0.258 e. The lowest BCUT2D eigenvalue weighted by Gasteiger charge is -2.29. The molecule has 5 rings (SSSR count). The van der Waals surface area contributed by atoms with Crippen LogP contribution >= 0.6 is 0 Å². The van der Waals surface area contributed by atoms with Crippen LogP contribution in [0.1, 0.15) is 46.9 Å². The number of aryl methyl sites for hydroxylation is 1. The first-order chi connectivity index (χ1) is 15.1. The number of anilines is 1. The molecule has 2 aliphatic rings. The van der Waals surface area contributed by atoms with E-state index in [0.717, 1.165) is 62.0 Å². The van der Waals surface area contributed by atoms with Crippen molar-refractivity contribution in [3.8, 4) is 5.75 Å². The summed E-state index contributed by atoms with van der Waals surface area (Å²) in [6, 6.07) is 9.94. The Bertz CT molecular complexity index is 1120. The third-order valence-corrected chi connectivity index (χ3v) is 6.44. The van der Waals surface area contributed by atoms with Crippen molar-refractivity contribution >= 4 is 22.5 Å². The molecular formula is C24H29N5O2. The van der Waals surface area contributed by atoms with Crippen molar-refractivity contribution < 1.29 is 9.90 Å². The molecule has 0 bridgehead atoms. The number of H-pyrrole nitrogens is 1. The Morgan fingerprint density at radius 1 is 1.13 bits per heavy atom. The minimum atomic E-state index is -0.137. The van der Waals surface area contributed by atoms with Gasteiger partial charge in [0, 0.05) is 56.4 Å². The summed E-state index contributed by atoms with van der Waals surface area (Å²) in [5.74, 6) is -0.136. The van der Waals surface area contributed by atoms with Gasteiger partial charge in [-0.15, -0.1) is 0 Å². The van der Waals surface area contributed by atoms with Gasteiger partial charge in [-0.3, -0.25) is 9.89 Å². The maximum absolute atomic E-state index is 13.3. The number of hydrogen-bond acceptors (Lipinski definition) is 5. The van der Waals surface area contributed by atoms with Gasteiger partial charge in [0.15, 0.2) is 0 Å². The summed E-state index contributed by atoms with van der Waals surface area (Å²) in [5, 5.41) is 22.2. The van der Waals surface area contributed by atoms with E-state index < -0.39 is 0 Å². The van der Waals surface area contributed by atoms with E-state index in [1.807, 2.05) is 4.90 Å². The Hall–Kier alpha value is -3.06. The van der Waals surface area contributed by atoms with E-state index in [4.69, 9.17) is 0 Å². The lowest BCUT2D eigenvalue weighted by Crippen LogP contribution is -2.43. The Kier molecular flexibility index (Phi) is 5.28. The number of aromatic amines is 1. The van der Waals surface area contributed by atoms with Crippen LogP contribution in [0.15, 0.2) is 30.3 Å². The zero-order chi connectivity index (χ0) is 21.4. The Morgan fingerprint density at radius 2 is 1.94 bits per heavy atom. The van der Waals surface area contributed by atoms with Gasteiger partial charge in [0.1, 0.15) is 5.75 Å². The van der Waals surface area contributed by atoms with E-state index in [1.165, 1.54) is 16.8 Å². The van der Waals surface area contributed by atoms with E-state index in [9.17, 15) is 9.90 Å².